The highest BCUT2D eigenvalue weighted by Gasteiger charge is 2.43. The molecule has 0 radical (unpaired) electrons. The zero-order valence-corrected chi connectivity index (χ0v) is 11.7. The van der Waals surface area contributed by atoms with E-state index in [0.717, 1.165) is 0 Å². The van der Waals surface area contributed by atoms with E-state index in [1.54, 1.807) is 30.3 Å². The van der Waals surface area contributed by atoms with Gasteiger partial charge in [0.25, 0.3) is 5.91 Å². The minimum absolute atomic E-state index is 0.0892. The number of carbonyl (C=O) groups is 2. The molecule has 0 N–H and O–H groups in total. The molecule has 0 bridgehead atoms. The largest absolute Gasteiger partial charge is 0.493 e. The second-order valence-electron chi connectivity index (χ2n) is 4.45. The summed E-state index contributed by atoms with van der Waals surface area (Å²) < 4.78 is 37.2. The first-order valence-corrected chi connectivity index (χ1v) is 6.43. The Morgan fingerprint density at radius 3 is 2.35 bits per heavy atom. The highest BCUT2D eigenvalue weighted by molar-refractivity contribution is 5.94. The molecule has 0 saturated carbocycles. The van der Waals surface area contributed by atoms with Crippen LogP contribution in [0.5, 0.6) is 0 Å². The van der Waals surface area contributed by atoms with Gasteiger partial charge in [-0.1, -0.05) is 24.3 Å². The van der Waals surface area contributed by atoms with Crippen molar-refractivity contribution in [1.29, 1.82) is 0 Å². The van der Waals surface area contributed by atoms with Crippen LogP contribution >= 0.6 is 0 Å². The van der Waals surface area contributed by atoms with E-state index in [2.05, 4.69) is 9.82 Å². The van der Waals surface area contributed by atoms with Gasteiger partial charge in [-0.2, -0.15) is 18.2 Å². The molecule has 23 heavy (non-hydrogen) atoms. The average Bonchev–Trinajstić information content (AvgIpc) is 2.54. The maximum absolute atomic E-state index is 12.4. The molecule has 1 aromatic heterocycles. The van der Waals surface area contributed by atoms with Crippen LogP contribution in [0.2, 0.25) is 0 Å². The highest BCUT2D eigenvalue weighted by Crippen LogP contribution is 2.19. The summed E-state index contributed by atoms with van der Waals surface area (Å²) in [7, 11) is 0. The molecule has 0 aliphatic carbocycles. The highest BCUT2D eigenvalue weighted by atomic mass is 19.4. The summed E-state index contributed by atoms with van der Waals surface area (Å²) in [6.07, 6.45) is -2.38. The number of hydrogen-bond acceptors (Lipinski definition) is 4. The van der Waals surface area contributed by atoms with Crippen molar-refractivity contribution < 1.29 is 27.6 Å². The normalized spacial score (nSPS) is 10.9. The van der Waals surface area contributed by atoms with Gasteiger partial charge in [-0.15, -0.1) is 0 Å². The lowest BCUT2D eigenvalue weighted by molar-refractivity contribution is -0.230. The number of hydroxylamine groups is 2. The molecule has 0 spiro atoms. The minimum Gasteiger partial charge on any atom is -0.329 e. The van der Waals surface area contributed by atoms with Crippen molar-refractivity contribution in [1.82, 2.24) is 10.0 Å². The van der Waals surface area contributed by atoms with Crippen LogP contribution in [0.4, 0.5) is 13.2 Å². The van der Waals surface area contributed by atoms with E-state index in [0.29, 0.717) is 10.6 Å². The van der Waals surface area contributed by atoms with Gasteiger partial charge in [-0.25, -0.2) is 4.79 Å². The molecule has 2 aromatic rings. The van der Waals surface area contributed by atoms with Crippen molar-refractivity contribution in [3.05, 3.63) is 66.0 Å². The molecule has 1 heterocycles. The fourth-order valence-electron chi connectivity index (χ4n) is 1.68. The molecular formula is C15H11F3N2O3. The number of rotatable bonds is 3. The third kappa shape index (κ3) is 4.53. The first-order valence-electron chi connectivity index (χ1n) is 6.43. The third-order valence-electron chi connectivity index (χ3n) is 2.72. The van der Waals surface area contributed by atoms with Crippen LogP contribution in [0, 0.1) is 0 Å². The summed E-state index contributed by atoms with van der Waals surface area (Å²) >= 11 is 0. The van der Waals surface area contributed by atoms with Crippen LogP contribution in [0.1, 0.15) is 15.9 Å². The molecule has 1 amide bonds. The Hall–Kier alpha value is -2.90. The van der Waals surface area contributed by atoms with E-state index >= 15 is 0 Å². The minimum atomic E-state index is -5.20. The van der Waals surface area contributed by atoms with Crippen LogP contribution < -0.4 is 0 Å². The van der Waals surface area contributed by atoms with E-state index in [9.17, 15) is 22.8 Å². The molecule has 0 fully saturated rings. The lowest BCUT2D eigenvalue weighted by atomic mass is 10.2. The molecule has 0 saturated heterocycles. The number of alkyl halides is 3. The average molecular weight is 324 g/mol. The van der Waals surface area contributed by atoms with Gasteiger partial charge in [-0.05, 0) is 23.8 Å². The van der Waals surface area contributed by atoms with Crippen molar-refractivity contribution in [2.45, 2.75) is 12.7 Å². The standard InChI is InChI=1S/C15H11F3N2O3/c16-15(17,18)14(22)23-20(10-11-5-4-8-19-9-11)13(21)12-6-2-1-3-7-12/h1-9H,10H2. The van der Waals surface area contributed by atoms with Crippen LogP contribution in [-0.4, -0.2) is 28.1 Å². The van der Waals surface area contributed by atoms with E-state index in [4.69, 9.17) is 0 Å². The molecule has 0 atom stereocenters. The summed E-state index contributed by atoms with van der Waals surface area (Å²) in [5.74, 6) is -3.34. The van der Waals surface area contributed by atoms with Crippen LogP contribution in [0.25, 0.3) is 0 Å². The molecule has 0 aliphatic heterocycles. The van der Waals surface area contributed by atoms with Gasteiger partial charge in [0, 0.05) is 18.0 Å². The van der Waals surface area contributed by atoms with Crippen LogP contribution in [0.15, 0.2) is 54.9 Å². The number of nitrogens with zero attached hydrogens (tertiary/aromatic N) is 2. The number of benzene rings is 1. The topological polar surface area (TPSA) is 59.5 Å². The first-order chi connectivity index (χ1) is 10.9. The predicted octanol–water partition coefficient (Wildman–Crippen LogP) is 2.74. The van der Waals surface area contributed by atoms with Crippen molar-refractivity contribution in [3.8, 4) is 0 Å². The lowest BCUT2D eigenvalue weighted by Crippen LogP contribution is -2.38. The summed E-state index contributed by atoms with van der Waals surface area (Å²) in [6, 6.07) is 10.6. The summed E-state index contributed by atoms with van der Waals surface area (Å²) in [4.78, 5) is 31.3. The van der Waals surface area contributed by atoms with Gasteiger partial charge in [-0.3, -0.25) is 9.78 Å². The number of aromatic nitrogens is 1. The zero-order valence-electron chi connectivity index (χ0n) is 11.7. The summed E-state index contributed by atoms with van der Waals surface area (Å²) in [5.41, 5.74) is 0.498. The summed E-state index contributed by atoms with van der Waals surface area (Å²) in [6.45, 7) is -0.358. The van der Waals surface area contributed by atoms with E-state index < -0.39 is 18.1 Å². The molecule has 5 nitrogen and oxygen atoms in total. The molecule has 1 aromatic carbocycles. The Labute approximate surface area is 129 Å². The van der Waals surface area contributed by atoms with Crippen molar-refractivity contribution in [2.24, 2.45) is 0 Å². The monoisotopic (exact) mass is 324 g/mol. The lowest BCUT2D eigenvalue weighted by Gasteiger charge is -2.21. The quantitative estimate of drug-likeness (QED) is 0.815. The molecular weight excluding hydrogens is 313 g/mol. The molecule has 0 unspecified atom stereocenters. The number of hydrogen-bond donors (Lipinski definition) is 0. The van der Waals surface area contributed by atoms with Gasteiger partial charge in [0.05, 0.1) is 6.54 Å². The maximum atomic E-state index is 12.4. The van der Waals surface area contributed by atoms with Crippen molar-refractivity contribution in [2.75, 3.05) is 0 Å². The molecule has 8 heteroatoms. The van der Waals surface area contributed by atoms with Crippen molar-refractivity contribution in [3.63, 3.8) is 0 Å². The fourth-order valence-corrected chi connectivity index (χ4v) is 1.68. The Balaban J connectivity index is 2.24. The van der Waals surface area contributed by atoms with Gasteiger partial charge >= 0.3 is 12.1 Å². The number of carbonyl (C=O) groups excluding carboxylic acids is 2. The van der Waals surface area contributed by atoms with Gasteiger partial charge in [0.15, 0.2) is 0 Å². The van der Waals surface area contributed by atoms with Crippen LogP contribution in [-0.2, 0) is 16.2 Å². The molecule has 2 rings (SSSR count). The van der Waals surface area contributed by atoms with E-state index in [1.165, 1.54) is 24.5 Å². The molecule has 0 aliphatic rings. The van der Waals surface area contributed by atoms with Gasteiger partial charge in [0.2, 0.25) is 0 Å². The van der Waals surface area contributed by atoms with Crippen molar-refractivity contribution >= 4 is 11.9 Å². The Morgan fingerprint density at radius 2 is 1.78 bits per heavy atom. The fraction of sp³-hybridized carbons (Fsp3) is 0.133. The van der Waals surface area contributed by atoms with E-state index in [-0.39, 0.29) is 12.1 Å². The van der Waals surface area contributed by atoms with E-state index in [1.807, 2.05) is 0 Å². The van der Waals surface area contributed by atoms with Gasteiger partial charge < -0.3 is 4.84 Å². The number of halogens is 3. The first kappa shape index (κ1) is 16.5. The van der Waals surface area contributed by atoms with Crippen LogP contribution in [0.3, 0.4) is 0 Å². The maximum Gasteiger partial charge on any atom is 0.493 e. The molecule has 120 valence electrons. The Bertz CT molecular complexity index is 675. The Morgan fingerprint density at radius 1 is 1.09 bits per heavy atom. The number of amides is 1. The second-order valence-corrected chi connectivity index (χ2v) is 4.45. The third-order valence-corrected chi connectivity index (χ3v) is 2.72. The Kier molecular flexibility index (Phi) is 4.95. The van der Waals surface area contributed by atoms with Gasteiger partial charge in [0.1, 0.15) is 0 Å². The second kappa shape index (κ2) is 6.91. The zero-order chi connectivity index (χ0) is 16.9. The SMILES string of the molecule is O=C(c1ccccc1)N(Cc1cccnc1)OC(=O)C(F)(F)F. The predicted molar refractivity (Wildman–Crippen MR) is 72.7 cm³/mol. The smallest absolute Gasteiger partial charge is 0.329 e. The summed E-state index contributed by atoms with van der Waals surface area (Å²) in [5, 5.41) is 0.363. The number of pyridine rings is 1.